The van der Waals surface area contributed by atoms with Crippen LogP contribution in [0.2, 0.25) is 5.15 Å². The van der Waals surface area contributed by atoms with Crippen LogP contribution in [0.1, 0.15) is 49.8 Å². The summed E-state index contributed by atoms with van der Waals surface area (Å²) < 4.78 is 0. The van der Waals surface area contributed by atoms with Crippen molar-refractivity contribution in [2.75, 3.05) is 5.32 Å². The second-order valence-corrected chi connectivity index (χ2v) is 5.32. The molecule has 0 fully saturated rings. The molecule has 1 heterocycles. The van der Waals surface area contributed by atoms with Gasteiger partial charge in [0, 0.05) is 6.04 Å². The zero-order valence-corrected chi connectivity index (χ0v) is 12.1. The van der Waals surface area contributed by atoms with Gasteiger partial charge in [-0.25, -0.2) is 9.97 Å². The average Bonchev–Trinajstić information content (AvgIpc) is 2.26. The molecule has 1 rings (SSSR count). The molecule has 0 spiro atoms. The van der Waals surface area contributed by atoms with E-state index in [2.05, 4.69) is 36.1 Å². The molecule has 0 aliphatic heterocycles. The van der Waals surface area contributed by atoms with Crippen LogP contribution in [0.25, 0.3) is 0 Å². The molecule has 0 amide bonds. The Morgan fingerprint density at radius 2 is 1.94 bits per heavy atom. The van der Waals surface area contributed by atoms with E-state index >= 15 is 0 Å². The molecule has 1 N–H and O–H groups in total. The summed E-state index contributed by atoms with van der Waals surface area (Å²) in [5.74, 6) is 1.75. The van der Waals surface area contributed by atoms with Crippen molar-refractivity contribution in [1.82, 2.24) is 9.97 Å². The first-order valence-corrected chi connectivity index (χ1v) is 6.57. The molecular weight excluding hydrogens is 250 g/mol. The van der Waals surface area contributed by atoms with E-state index < -0.39 is 0 Å². The molecular formula is C13H20ClN3O. The number of hydrogen-bond donors (Lipinski definition) is 1. The summed E-state index contributed by atoms with van der Waals surface area (Å²) in [6.07, 6.45) is 2.85. The minimum absolute atomic E-state index is 0.205. The van der Waals surface area contributed by atoms with E-state index in [1.807, 2.05) is 0 Å². The Labute approximate surface area is 113 Å². The highest BCUT2D eigenvalue weighted by Gasteiger charge is 2.13. The van der Waals surface area contributed by atoms with Crippen molar-refractivity contribution < 1.29 is 4.79 Å². The smallest absolute Gasteiger partial charge is 0.156 e. The minimum Gasteiger partial charge on any atom is -0.367 e. The summed E-state index contributed by atoms with van der Waals surface area (Å²) in [4.78, 5) is 19.2. The van der Waals surface area contributed by atoms with E-state index in [-0.39, 0.29) is 11.2 Å². The van der Waals surface area contributed by atoms with Crippen LogP contribution in [-0.2, 0) is 0 Å². The molecule has 1 unspecified atom stereocenters. The van der Waals surface area contributed by atoms with E-state index in [0.717, 1.165) is 12.8 Å². The first-order chi connectivity index (χ1) is 8.43. The maximum atomic E-state index is 11.0. The summed E-state index contributed by atoms with van der Waals surface area (Å²) in [5, 5.41) is 3.44. The quantitative estimate of drug-likeness (QED) is 0.634. The number of carbonyl (C=O) groups is 1. The Kier molecular flexibility index (Phi) is 5.54. The second kappa shape index (κ2) is 6.69. The van der Waals surface area contributed by atoms with Gasteiger partial charge in [-0.15, -0.1) is 0 Å². The fourth-order valence-electron chi connectivity index (χ4n) is 1.65. The van der Waals surface area contributed by atoms with Gasteiger partial charge in [0.25, 0.3) is 0 Å². The van der Waals surface area contributed by atoms with Crippen molar-refractivity contribution in [2.45, 2.75) is 46.6 Å². The molecule has 1 aromatic heterocycles. The van der Waals surface area contributed by atoms with Crippen LogP contribution < -0.4 is 5.32 Å². The number of carbonyl (C=O) groups excluding carboxylic acids is 1. The zero-order valence-electron chi connectivity index (χ0n) is 11.3. The van der Waals surface area contributed by atoms with Crippen LogP contribution in [0.3, 0.4) is 0 Å². The Balaban J connectivity index is 2.80. The number of aldehydes is 1. The van der Waals surface area contributed by atoms with Gasteiger partial charge in [-0.3, -0.25) is 4.79 Å². The summed E-state index contributed by atoms with van der Waals surface area (Å²) in [7, 11) is 0. The van der Waals surface area contributed by atoms with Crippen molar-refractivity contribution in [3.8, 4) is 0 Å². The Morgan fingerprint density at radius 1 is 1.28 bits per heavy atom. The highest BCUT2D eigenvalue weighted by Crippen LogP contribution is 2.20. The number of halogens is 1. The highest BCUT2D eigenvalue weighted by atomic mass is 35.5. The fourth-order valence-corrected chi connectivity index (χ4v) is 1.91. The third-order valence-corrected chi connectivity index (χ3v) is 2.98. The third-order valence-electron chi connectivity index (χ3n) is 2.69. The predicted molar refractivity (Wildman–Crippen MR) is 74.3 cm³/mol. The predicted octanol–water partition coefficient (Wildman–Crippen LogP) is 3.49. The maximum absolute atomic E-state index is 11.0. The van der Waals surface area contributed by atoms with Crippen molar-refractivity contribution in [1.29, 1.82) is 0 Å². The lowest BCUT2D eigenvalue weighted by Gasteiger charge is -2.17. The van der Waals surface area contributed by atoms with Gasteiger partial charge in [-0.05, 0) is 32.6 Å². The van der Waals surface area contributed by atoms with Crippen molar-refractivity contribution in [2.24, 2.45) is 5.92 Å². The van der Waals surface area contributed by atoms with Gasteiger partial charge in [0.05, 0.1) is 5.56 Å². The molecule has 0 saturated carbocycles. The Bertz CT molecular complexity index is 421. The Morgan fingerprint density at radius 3 is 2.50 bits per heavy atom. The molecule has 5 heteroatoms. The van der Waals surface area contributed by atoms with Crippen molar-refractivity contribution in [3.05, 3.63) is 16.5 Å². The molecule has 1 aromatic rings. The maximum Gasteiger partial charge on any atom is 0.156 e. The standard InChI is InChI=1S/C13H20ClN3O/c1-8(2)5-6-9(3)15-13-11(7-18)12(14)16-10(4)17-13/h7-9H,5-6H2,1-4H3,(H,15,16,17). The van der Waals surface area contributed by atoms with Gasteiger partial charge >= 0.3 is 0 Å². The van der Waals surface area contributed by atoms with E-state index in [1.54, 1.807) is 6.92 Å². The monoisotopic (exact) mass is 269 g/mol. The van der Waals surface area contributed by atoms with Crippen LogP contribution in [0, 0.1) is 12.8 Å². The average molecular weight is 270 g/mol. The molecule has 0 aromatic carbocycles. The molecule has 0 saturated heterocycles. The molecule has 1 atom stereocenters. The summed E-state index contributed by atoms with van der Waals surface area (Å²) in [5.41, 5.74) is 0.332. The van der Waals surface area contributed by atoms with Gasteiger partial charge in [0.1, 0.15) is 16.8 Å². The lowest BCUT2D eigenvalue weighted by atomic mass is 10.0. The van der Waals surface area contributed by atoms with E-state index in [4.69, 9.17) is 11.6 Å². The first kappa shape index (κ1) is 14.9. The number of rotatable bonds is 6. The second-order valence-electron chi connectivity index (χ2n) is 4.96. The lowest BCUT2D eigenvalue weighted by molar-refractivity contribution is 0.112. The Hall–Kier alpha value is -1.16. The normalized spacial score (nSPS) is 12.6. The van der Waals surface area contributed by atoms with Gasteiger partial charge < -0.3 is 5.32 Å². The molecule has 100 valence electrons. The summed E-state index contributed by atoms with van der Waals surface area (Å²) in [6, 6.07) is 0.247. The molecule has 0 radical (unpaired) electrons. The molecule has 18 heavy (non-hydrogen) atoms. The number of aryl methyl sites for hydroxylation is 1. The van der Waals surface area contributed by atoms with Crippen LogP contribution in [0.4, 0.5) is 5.82 Å². The fraction of sp³-hybridized carbons (Fsp3) is 0.615. The highest BCUT2D eigenvalue weighted by molar-refractivity contribution is 6.32. The largest absolute Gasteiger partial charge is 0.367 e. The molecule has 0 aliphatic rings. The van der Waals surface area contributed by atoms with Gasteiger partial charge in [-0.1, -0.05) is 25.4 Å². The summed E-state index contributed by atoms with van der Waals surface area (Å²) >= 11 is 5.92. The van der Waals surface area contributed by atoms with E-state index in [1.165, 1.54) is 0 Å². The zero-order chi connectivity index (χ0) is 13.7. The topological polar surface area (TPSA) is 54.9 Å². The lowest BCUT2D eigenvalue weighted by Crippen LogP contribution is -2.18. The van der Waals surface area contributed by atoms with Crippen LogP contribution in [-0.4, -0.2) is 22.3 Å². The van der Waals surface area contributed by atoms with Crippen molar-refractivity contribution in [3.63, 3.8) is 0 Å². The number of hydrogen-bond acceptors (Lipinski definition) is 4. The number of aromatic nitrogens is 2. The van der Waals surface area contributed by atoms with Crippen LogP contribution in [0.15, 0.2) is 0 Å². The van der Waals surface area contributed by atoms with Crippen molar-refractivity contribution >= 4 is 23.7 Å². The van der Waals surface area contributed by atoms with Crippen LogP contribution >= 0.6 is 11.6 Å². The number of anilines is 1. The molecule has 0 aliphatic carbocycles. The van der Waals surface area contributed by atoms with E-state index in [9.17, 15) is 4.79 Å². The van der Waals surface area contributed by atoms with Gasteiger partial charge in [0.15, 0.2) is 6.29 Å². The van der Waals surface area contributed by atoms with Gasteiger partial charge in [0.2, 0.25) is 0 Å². The number of nitrogens with one attached hydrogen (secondary N) is 1. The van der Waals surface area contributed by atoms with Gasteiger partial charge in [-0.2, -0.15) is 0 Å². The SMILES string of the molecule is Cc1nc(Cl)c(C=O)c(NC(C)CCC(C)C)n1. The van der Waals surface area contributed by atoms with E-state index in [0.29, 0.717) is 29.4 Å². The molecule has 0 bridgehead atoms. The number of nitrogens with zero attached hydrogens (tertiary/aromatic N) is 2. The molecule has 4 nitrogen and oxygen atoms in total. The third kappa shape index (κ3) is 4.26. The minimum atomic E-state index is 0.205. The first-order valence-electron chi connectivity index (χ1n) is 6.20. The van der Waals surface area contributed by atoms with Crippen LogP contribution in [0.5, 0.6) is 0 Å². The summed E-state index contributed by atoms with van der Waals surface area (Å²) in [6.45, 7) is 8.21.